The molecule has 0 saturated heterocycles. The molecule has 0 N–H and O–H groups in total. The molecule has 0 aromatic heterocycles. The zero-order chi connectivity index (χ0) is 20.3. The van der Waals surface area contributed by atoms with Crippen molar-refractivity contribution in [1.29, 1.82) is 0 Å². The quantitative estimate of drug-likeness (QED) is 0.715. The number of hydrogen-bond acceptors (Lipinski definition) is 3. The van der Waals surface area contributed by atoms with Crippen LogP contribution in [0.1, 0.15) is 72.1 Å². The van der Waals surface area contributed by atoms with Gasteiger partial charge in [0.1, 0.15) is 5.75 Å². The standard InChI is InChI=1S/C26H30O3/c1-15-13-20-18(19-9-11-21-24(26(21,2)3)23(19)25(15)27)10-12-22(20)29-14-16-5-7-17(28-4)8-6-16/h5-8,13,21-22,24H,9-12,14H2,1-4H3/t21-,22+,24-/m1/s1. The van der Waals surface area contributed by atoms with E-state index < -0.39 is 0 Å². The topological polar surface area (TPSA) is 35.5 Å². The van der Waals surface area contributed by atoms with Crippen LogP contribution in [0.5, 0.6) is 5.75 Å². The Balaban J connectivity index is 1.47. The molecule has 29 heavy (non-hydrogen) atoms. The highest BCUT2D eigenvalue weighted by Gasteiger charge is 2.60. The van der Waals surface area contributed by atoms with Crippen molar-refractivity contribution in [2.24, 2.45) is 11.3 Å². The van der Waals surface area contributed by atoms with Crippen LogP contribution in [0.25, 0.3) is 0 Å². The van der Waals surface area contributed by atoms with Gasteiger partial charge < -0.3 is 9.47 Å². The molecule has 3 aliphatic carbocycles. The number of rotatable bonds is 4. The van der Waals surface area contributed by atoms with E-state index in [4.69, 9.17) is 9.47 Å². The van der Waals surface area contributed by atoms with Gasteiger partial charge in [-0.05, 0) is 95.9 Å². The lowest BCUT2D eigenvalue weighted by Gasteiger charge is -2.15. The second kappa shape index (κ2) is 6.70. The van der Waals surface area contributed by atoms with Crippen molar-refractivity contribution in [1.82, 2.24) is 0 Å². The summed E-state index contributed by atoms with van der Waals surface area (Å²) >= 11 is 0. The second-order valence-electron chi connectivity index (χ2n) is 9.61. The number of benzene rings is 1. The van der Waals surface area contributed by atoms with E-state index >= 15 is 0 Å². The van der Waals surface area contributed by atoms with Gasteiger partial charge in [-0.15, -0.1) is 0 Å². The number of hydrogen-bond donors (Lipinski definition) is 0. The first-order chi connectivity index (χ1) is 13.9. The van der Waals surface area contributed by atoms with E-state index in [1.54, 1.807) is 7.11 Å². The maximum absolute atomic E-state index is 13.3. The fourth-order valence-corrected chi connectivity index (χ4v) is 5.95. The van der Waals surface area contributed by atoms with E-state index in [9.17, 15) is 4.79 Å². The van der Waals surface area contributed by atoms with Crippen molar-refractivity contribution in [3.05, 3.63) is 73.9 Å². The molecule has 0 bridgehead atoms. The summed E-state index contributed by atoms with van der Waals surface area (Å²) in [5.41, 5.74) is 7.75. The van der Waals surface area contributed by atoms with Crippen LogP contribution in [0, 0.1) is 18.3 Å². The molecule has 0 spiro atoms. The lowest BCUT2D eigenvalue weighted by Crippen LogP contribution is -2.15. The molecule has 0 radical (unpaired) electrons. The fraction of sp³-hybridized carbons (Fsp3) is 0.500. The molecule has 1 fully saturated rings. The minimum Gasteiger partial charge on any atom is -0.497 e. The average molecular weight is 391 g/mol. The van der Waals surface area contributed by atoms with Crippen LogP contribution in [0.2, 0.25) is 0 Å². The predicted octanol–water partition coefficient (Wildman–Crippen LogP) is 5.25. The van der Waals surface area contributed by atoms with E-state index in [0.29, 0.717) is 18.4 Å². The number of aryl methyl sites for hydroxylation is 1. The molecule has 2 aromatic rings. The molecule has 3 aliphatic rings. The van der Waals surface area contributed by atoms with Gasteiger partial charge in [0.2, 0.25) is 0 Å². The van der Waals surface area contributed by atoms with E-state index in [1.807, 2.05) is 19.1 Å². The first-order valence-electron chi connectivity index (χ1n) is 10.9. The normalized spacial score (nSPS) is 25.7. The zero-order valence-corrected chi connectivity index (χ0v) is 17.9. The van der Waals surface area contributed by atoms with Gasteiger partial charge in [-0.2, -0.15) is 0 Å². The summed E-state index contributed by atoms with van der Waals surface area (Å²) < 4.78 is 11.6. The van der Waals surface area contributed by atoms with Crippen molar-refractivity contribution >= 4 is 0 Å². The Hall–Kier alpha value is -2.13. The highest BCUT2D eigenvalue weighted by Crippen LogP contribution is 2.68. The third-order valence-electron chi connectivity index (χ3n) is 7.69. The Morgan fingerprint density at radius 3 is 2.52 bits per heavy atom. The van der Waals surface area contributed by atoms with Crippen LogP contribution in [0.3, 0.4) is 0 Å². The van der Waals surface area contributed by atoms with Crippen LogP contribution >= 0.6 is 0 Å². The largest absolute Gasteiger partial charge is 0.497 e. The van der Waals surface area contributed by atoms with Crippen LogP contribution in [-0.2, 0) is 24.2 Å². The predicted molar refractivity (Wildman–Crippen MR) is 115 cm³/mol. The van der Waals surface area contributed by atoms with E-state index in [2.05, 4.69) is 32.0 Å². The molecular formula is C26H30O3. The monoisotopic (exact) mass is 390 g/mol. The highest BCUT2D eigenvalue weighted by atomic mass is 16.5. The molecule has 3 nitrogen and oxygen atoms in total. The Morgan fingerprint density at radius 1 is 1.07 bits per heavy atom. The minimum absolute atomic E-state index is 0.0756. The number of ether oxygens (including phenoxy) is 2. The average Bonchev–Trinajstić information content (AvgIpc) is 3.11. The first kappa shape index (κ1) is 18.9. The smallest absolute Gasteiger partial charge is 0.185 e. The number of fused-ring (bicyclic) bond motifs is 5. The van der Waals surface area contributed by atoms with Gasteiger partial charge in [-0.3, -0.25) is 4.79 Å². The van der Waals surface area contributed by atoms with Crippen molar-refractivity contribution in [3.63, 3.8) is 0 Å². The van der Waals surface area contributed by atoms with Gasteiger partial charge in [-0.25, -0.2) is 0 Å². The van der Waals surface area contributed by atoms with Crippen LogP contribution in [0.4, 0.5) is 0 Å². The molecule has 0 unspecified atom stereocenters. The van der Waals surface area contributed by atoms with Gasteiger partial charge in [-0.1, -0.05) is 26.0 Å². The first-order valence-corrected chi connectivity index (χ1v) is 10.9. The SMILES string of the molecule is COc1ccc(CO[C@H]2CCc3c2cc(C)c(=O)c2c3CC[C@@H]3[C@H]2C3(C)C)cc1. The van der Waals surface area contributed by atoms with Crippen LogP contribution < -0.4 is 10.2 Å². The Morgan fingerprint density at radius 2 is 1.79 bits per heavy atom. The molecule has 3 heteroatoms. The molecule has 0 aliphatic heterocycles. The van der Waals surface area contributed by atoms with E-state index in [0.717, 1.165) is 41.7 Å². The van der Waals surface area contributed by atoms with Crippen LogP contribution in [0.15, 0.2) is 35.1 Å². The molecule has 0 heterocycles. The Bertz CT molecular complexity index is 1020. The summed E-state index contributed by atoms with van der Waals surface area (Å²) in [6.07, 6.45) is 4.38. The third kappa shape index (κ3) is 2.93. The van der Waals surface area contributed by atoms with Gasteiger partial charge in [0, 0.05) is 5.56 Å². The minimum atomic E-state index is 0.0756. The summed E-state index contributed by atoms with van der Waals surface area (Å²) in [7, 11) is 1.68. The fourth-order valence-electron chi connectivity index (χ4n) is 5.95. The third-order valence-corrected chi connectivity index (χ3v) is 7.69. The van der Waals surface area contributed by atoms with Gasteiger partial charge in [0.05, 0.1) is 19.8 Å². The van der Waals surface area contributed by atoms with Crippen molar-refractivity contribution in [3.8, 4) is 5.75 Å². The lowest BCUT2D eigenvalue weighted by atomic mass is 9.89. The van der Waals surface area contributed by atoms with Gasteiger partial charge in [0.25, 0.3) is 0 Å². The molecule has 5 rings (SSSR count). The van der Waals surface area contributed by atoms with E-state index in [1.165, 1.54) is 23.1 Å². The Kier molecular flexibility index (Phi) is 4.36. The highest BCUT2D eigenvalue weighted by molar-refractivity contribution is 5.51. The molecule has 0 amide bonds. The molecule has 152 valence electrons. The Labute approximate surface area is 173 Å². The summed E-state index contributed by atoms with van der Waals surface area (Å²) in [5, 5.41) is 0. The maximum Gasteiger partial charge on any atom is 0.185 e. The molecular weight excluding hydrogens is 360 g/mol. The summed E-state index contributed by atoms with van der Waals surface area (Å²) in [6.45, 7) is 7.23. The zero-order valence-electron chi connectivity index (χ0n) is 17.9. The van der Waals surface area contributed by atoms with Gasteiger partial charge >= 0.3 is 0 Å². The molecule has 3 atom stereocenters. The van der Waals surface area contributed by atoms with Crippen molar-refractivity contribution in [2.75, 3.05) is 7.11 Å². The number of methoxy groups -OCH3 is 1. The summed E-state index contributed by atoms with van der Waals surface area (Å²) in [6, 6.07) is 10.2. The lowest BCUT2D eigenvalue weighted by molar-refractivity contribution is 0.0410. The van der Waals surface area contributed by atoms with Gasteiger partial charge in [0.15, 0.2) is 5.43 Å². The molecule has 1 saturated carbocycles. The van der Waals surface area contributed by atoms with Crippen molar-refractivity contribution < 1.29 is 9.47 Å². The maximum atomic E-state index is 13.3. The summed E-state index contributed by atoms with van der Waals surface area (Å²) in [4.78, 5) is 13.3. The van der Waals surface area contributed by atoms with Crippen molar-refractivity contribution in [2.45, 2.75) is 65.1 Å². The van der Waals surface area contributed by atoms with Crippen LogP contribution in [-0.4, -0.2) is 7.11 Å². The second-order valence-corrected chi connectivity index (χ2v) is 9.61. The molecule has 2 aromatic carbocycles. The van der Waals surface area contributed by atoms with E-state index in [-0.39, 0.29) is 16.9 Å². The summed E-state index contributed by atoms with van der Waals surface area (Å²) in [5.74, 6) is 2.00.